The zero-order chi connectivity index (χ0) is 28.2. The van der Waals surface area contributed by atoms with Gasteiger partial charge in [0.1, 0.15) is 11.9 Å². The molecule has 2 bridgehead atoms. The van der Waals surface area contributed by atoms with Crippen LogP contribution in [0.2, 0.25) is 0 Å². The first-order valence-corrected chi connectivity index (χ1v) is 13.7. The van der Waals surface area contributed by atoms with Gasteiger partial charge in [-0.1, -0.05) is 59.8 Å². The third kappa shape index (κ3) is 6.22. The average molecular weight is 555 g/mol. The highest BCUT2D eigenvalue weighted by Crippen LogP contribution is 2.31. The zero-order valence-corrected chi connectivity index (χ0v) is 22.3. The van der Waals surface area contributed by atoms with Gasteiger partial charge in [0.05, 0.1) is 11.6 Å². The summed E-state index contributed by atoms with van der Waals surface area (Å²) in [4.78, 5) is 30.9. The molecular formula is C31H30N4O6. The van der Waals surface area contributed by atoms with E-state index in [1.54, 1.807) is 12.1 Å². The van der Waals surface area contributed by atoms with Crippen molar-refractivity contribution in [2.75, 3.05) is 19.6 Å². The van der Waals surface area contributed by atoms with Gasteiger partial charge >= 0.3 is 12.1 Å². The highest BCUT2D eigenvalue weighted by Gasteiger charge is 2.36. The van der Waals surface area contributed by atoms with E-state index in [1.165, 1.54) is 12.1 Å². The van der Waals surface area contributed by atoms with E-state index in [1.807, 2.05) is 54.6 Å². The van der Waals surface area contributed by atoms with Crippen LogP contribution in [0.5, 0.6) is 5.75 Å². The Morgan fingerprint density at radius 3 is 2.46 bits per heavy atom. The molecule has 2 atom stereocenters. The van der Waals surface area contributed by atoms with E-state index >= 15 is 0 Å². The largest absolute Gasteiger partial charge is 0.484 e. The standard InChI is InChI=1S/C31H30N4O6/c36-30(37)23-11-9-22(10-12-23)29-32-27(41-34-29)19-39-25-8-4-7-24(17-25)28(21-5-2-1-3-6-21)33-31(38)40-26-18-35-15-13-20(26)14-16-35/h1-12,17,20,26,28H,13-16,18-19H2,(H,33,38)(H,36,37). The van der Waals surface area contributed by atoms with Crippen LogP contribution in [-0.2, 0) is 11.3 Å². The molecule has 0 saturated carbocycles. The number of nitrogens with zero attached hydrogens (tertiary/aromatic N) is 3. The SMILES string of the molecule is O=C(NC(c1ccccc1)c1cccc(OCc2nc(-c3ccc(C(=O)O)cc3)no2)c1)OC1CN2CCC1CC2. The normalized spacial score (nSPS) is 20.2. The van der Waals surface area contributed by atoms with Gasteiger partial charge in [-0.15, -0.1) is 0 Å². The van der Waals surface area contributed by atoms with E-state index in [-0.39, 0.29) is 24.2 Å². The van der Waals surface area contributed by atoms with Crippen molar-refractivity contribution in [2.45, 2.75) is 31.6 Å². The molecule has 3 aromatic carbocycles. The van der Waals surface area contributed by atoms with E-state index in [2.05, 4.69) is 20.4 Å². The van der Waals surface area contributed by atoms with Gasteiger partial charge in [0.2, 0.25) is 5.82 Å². The molecule has 7 rings (SSSR count). The molecule has 0 aliphatic carbocycles. The molecule has 0 spiro atoms. The minimum absolute atomic E-state index is 0.0364. The Hall–Kier alpha value is -4.70. The number of alkyl carbamates (subject to hydrolysis) is 1. The Labute approximate surface area is 236 Å². The van der Waals surface area contributed by atoms with Crippen molar-refractivity contribution in [3.05, 3.63) is 101 Å². The molecule has 1 amide bonds. The van der Waals surface area contributed by atoms with Crippen LogP contribution in [-0.4, -0.2) is 57.9 Å². The topological polar surface area (TPSA) is 127 Å². The van der Waals surface area contributed by atoms with Crippen LogP contribution < -0.4 is 10.1 Å². The summed E-state index contributed by atoms with van der Waals surface area (Å²) < 4.78 is 17.2. The lowest BCUT2D eigenvalue weighted by molar-refractivity contribution is -0.0336. The van der Waals surface area contributed by atoms with Gasteiger partial charge in [-0.3, -0.25) is 4.90 Å². The number of ether oxygens (including phenoxy) is 2. The second-order valence-corrected chi connectivity index (χ2v) is 10.3. The maximum absolute atomic E-state index is 13.1. The van der Waals surface area contributed by atoms with Crippen LogP contribution in [0, 0.1) is 5.92 Å². The molecule has 3 saturated heterocycles. The van der Waals surface area contributed by atoms with E-state index in [0.717, 1.165) is 43.6 Å². The predicted molar refractivity (Wildman–Crippen MR) is 148 cm³/mol. The lowest BCUT2D eigenvalue weighted by atomic mass is 9.86. The number of carbonyl (C=O) groups excluding carboxylic acids is 1. The summed E-state index contributed by atoms with van der Waals surface area (Å²) in [6.07, 6.45) is 1.62. The number of aromatic nitrogens is 2. The fraction of sp³-hybridized carbons (Fsp3) is 0.290. The van der Waals surface area contributed by atoms with Gasteiger partial charge in [-0.2, -0.15) is 4.98 Å². The van der Waals surface area contributed by atoms with E-state index in [4.69, 9.17) is 19.1 Å². The molecule has 210 valence electrons. The van der Waals surface area contributed by atoms with Crippen molar-refractivity contribution in [1.82, 2.24) is 20.4 Å². The van der Waals surface area contributed by atoms with Crippen molar-refractivity contribution in [2.24, 2.45) is 5.92 Å². The number of aromatic carboxylic acids is 1. The maximum atomic E-state index is 13.1. The van der Waals surface area contributed by atoms with Crippen LogP contribution in [0.1, 0.15) is 46.3 Å². The Balaban J connectivity index is 1.13. The van der Waals surface area contributed by atoms with Crippen LogP contribution in [0.25, 0.3) is 11.4 Å². The quantitative estimate of drug-likeness (QED) is 0.296. The smallest absolute Gasteiger partial charge is 0.408 e. The number of rotatable bonds is 9. The summed E-state index contributed by atoms with van der Waals surface area (Å²) in [5, 5.41) is 16.1. The Morgan fingerprint density at radius 2 is 1.76 bits per heavy atom. The molecule has 10 nitrogen and oxygen atoms in total. The molecule has 3 aliphatic rings. The summed E-state index contributed by atoms with van der Waals surface area (Å²) in [7, 11) is 0. The lowest BCUT2D eigenvalue weighted by Crippen LogP contribution is -2.52. The van der Waals surface area contributed by atoms with Gasteiger partial charge in [0.15, 0.2) is 6.61 Å². The predicted octanol–water partition coefficient (Wildman–Crippen LogP) is 4.92. The third-order valence-electron chi connectivity index (χ3n) is 7.66. The van der Waals surface area contributed by atoms with Crippen LogP contribution >= 0.6 is 0 Å². The number of amides is 1. The fourth-order valence-electron chi connectivity index (χ4n) is 5.46. The third-order valence-corrected chi connectivity index (χ3v) is 7.66. The maximum Gasteiger partial charge on any atom is 0.408 e. The summed E-state index contributed by atoms with van der Waals surface area (Å²) in [6.45, 7) is 2.99. The lowest BCUT2D eigenvalue weighted by Gasteiger charge is -2.43. The van der Waals surface area contributed by atoms with Gasteiger partial charge in [-0.25, -0.2) is 9.59 Å². The monoisotopic (exact) mass is 554 g/mol. The number of hydrogen-bond acceptors (Lipinski definition) is 8. The molecule has 3 fully saturated rings. The summed E-state index contributed by atoms with van der Waals surface area (Å²) in [5.74, 6) is 0.598. The highest BCUT2D eigenvalue weighted by molar-refractivity contribution is 5.88. The van der Waals surface area contributed by atoms with Crippen LogP contribution in [0.4, 0.5) is 4.79 Å². The molecule has 4 heterocycles. The number of fused-ring (bicyclic) bond motifs is 3. The van der Waals surface area contributed by atoms with Gasteiger partial charge in [-0.05, 0) is 67.2 Å². The number of carboxylic acids is 1. The van der Waals surface area contributed by atoms with E-state index in [0.29, 0.717) is 23.1 Å². The first-order valence-electron chi connectivity index (χ1n) is 13.7. The number of hydrogen-bond donors (Lipinski definition) is 2. The molecule has 41 heavy (non-hydrogen) atoms. The molecular weight excluding hydrogens is 524 g/mol. The van der Waals surface area contributed by atoms with E-state index < -0.39 is 18.1 Å². The van der Waals surface area contributed by atoms with Crippen molar-refractivity contribution < 1.29 is 28.7 Å². The van der Waals surface area contributed by atoms with Crippen molar-refractivity contribution in [3.8, 4) is 17.1 Å². The fourth-order valence-corrected chi connectivity index (χ4v) is 5.46. The molecule has 1 aromatic heterocycles. The van der Waals surface area contributed by atoms with Gasteiger partial charge in [0.25, 0.3) is 5.89 Å². The van der Waals surface area contributed by atoms with E-state index in [9.17, 15) is 9.59 Å². The second-order valence-electron chi connectivity index (χ2n) is 10.3. The number of carboxylic acid groups (broad SMARTS) is 1. The Kier molecular flexibility index (Phi) is 7.64. The summed E-state index contributed by atoms with van der Waals surface area (Å²) >= 11 is 0. The zero-order valence-electron chi connectivity index (χ0n) is 22.3. The minimum atomic E-state index is -1.00. The first kappa shape index (κ1) is 26.5. The van der Waals surface area contributed by atoms with Crippen LogP contribution in [0.3, 0.4) is 0 Å². The number of piperidine rings is 3. The summed E-state index contributed by atoms with van der Waals surface area (Å²) in [6, 6.07) is 23.0. The molecule has 2 unspecified atom stereocenters. The van der Waals surface area contributed by atoms with Crippen molar-refractivity contribution in [1.29, 1.82) is 0 Å². The summed E-state index contributed by atoms with van der Waals surface area (Å²) in [5.41, 5.74) is 2.57. The molecule has 3 aliphatic heterocycles. The number of nitrogens with one attached hydrogen (secondary N) is 1. The Morgan fingerprint density at radius 1 is 1.00 bits per heavy atom. The van der Waals surface area contributed by atoms with Gasteiger partial charge < -0.3 is 24.4 Å². The Bertz CT molecular complexity index is 1500. The number of carbonyl (C=O) groups is 2. The molecule has 2 N–H and O–H groups in total. The molecule has 10 heteroatoms. The highest BCUT2D eigenvalue weighted by atomic mass is 16.6. The van der Waals surface area contributed by atoms with Crippen LogP contribution in [0.15, 0.2) is 83.4 Å². The first-order chi connectivity index (χ1) is 20.0. The van der Waals surface area contributed by atoms with Crippen molar-refractivity contribution >= 4 is 12.1 Å². The van der Waals surface area contributed by atoms with Gasteiger partial charge in [0, 0.05) is 12.1 Å². The second kappa shape index (κ2) is 11.8. The molecule has 0 radical (unpaired) electrons. The van der Waals surface area contributed by atoms with Crippen molar-refractivity contribution in [3.63, 3.8) is 0 Å². The number of benzene rings is 3. The molecule has 4 aromatic rings. The minimum Gasteiger partial charge on any atom is -0.484 e. The average Bonchev–Trinajstić information content (AvgIpc) is 3.49.